The van der Waals surface area contributed by atoms with E-state index >= 15 is 0 Å². The van der Waals surface area contributed by atoms with Crippen molar-refractivity contribution in [1.82, 2.24) is 0 Å². The highest BCUT2D eigenvalue weighted by Crippen LogP contribution is 2.50. The molecule has 6 atom stereocenters. The van der Waals surface area contributed by atoms with E-state index < -0.39 is 42.3 Å². The van der Waals surface area contributed by atoms with Crippen molar-refractivity contribution in [2.45, 2.75) is 62.7 Å². The van der Waals surface area contributed by atoms with Gasteiger partial charge in [0.05, 0.1) is 40.1 Å². The summed E-state index contributed by atoms with van der Waals surface area (Å²) in [5, 5.41) is 0. The molecule has 2 heterocycles. The van der Waals surface area contributed by atoms with Crippen LogP contribution in [0.15, 0.2) is 121 Å². The van der Waals surface area contributed by atoms with Crippen LogP contribution < -0.4 is 0 Å². The average molecular weight is 611 g/mol. The molecule has 4 aromatic rings. The standard InChI is InChI=1S/C37H38O8/c1-39-36(38)35-37(45-35)34(43-25-30-20-12-5-13-21-30)33(42-24-29-18-10-4-11-19-29)32(41-23-28-16-8-3-9-17-28)31(44-37)26-40-22-27-14-6-2-7-15-27/h2-21,31-35H,22-26H2,1H3/t31?,32-,33?,34?,35-,37-/m1/s1. The number of epoxide rings is 1. The molecule has 3 unspecified atom stereocenters. The maximum absolute atomic E-state index is 12.9. The summed E-state index contributed by atoms with van der Waals surface area (Å²) >= 11 is 0. The maximum atomic E-state index is 12.9. The Morgan fingerprint density at radius 3 is 1.53 bits per heavy atom. The zero-order valence-corrected chi connectivity index (χ0v) is 25.2. The molecule has 0 radical (unpaired) electrons. The van der Waals surface area contributed by atoms with E-state index in [1.807, 2.05) is 121 Å². The molecule has 0 bridgehead atoms. The number of ether oxygens (including phenoxy) is 7. The van der Waals surface area contributed by atoms with Gasteiger partial charge in [0.1, 0.15) is 24.4 Å². The molecule has 2 fully saturated rings. The number of hydrogen-bond donors (Lipinski definition) is 0. The average Bonchev–Trinajstić information content (AvgIpc) is 3.81. The molecule has 2 saturated heterocycles. The Hall–Kier alpha value is -3.89. The van der Waals surface area contributed by atoms with Crippen LogP contribution in [0, 0.1) is 0 Å². The largest absolute Gasteiger partial charge is 0.467 e. The van der Waals surface area contributed by atoms with Gasteiger partial charge in [0.15, 0.2) is 0 Å². The van der Waals surface area contributed by atoms with E-state index in [0.29, 0.717) is 19.8 Å². The third-order valence-corrected chi connectivity index (χ3v) is 7.98. The van der Waals surface area contributed by atoms with E-state index in [1.165, 1.54) is 7.11 Å². The number of carbonyl (C=O) groups excluding carboxylic acids is 1. The first-order valence-electron chi connectivity index (χ1n) is 15.2. The van der Waals surface area contributed by atoms with E-state index in [1.54, 1.807) is 0 Å². The molecule has 8 heteroatoms. The van der Waals surface area contributed by atoms with E-state index in [4.69, 9.17) is 33.2 Å². The molecule has 2 aliphatic rings. The minimum absolute atomic E-state index is 0.171. The van der Waals surface area contributed by atoms with Crippen LogP contribution in [-0.2, 0) is 64.4 Å². The van der Waals surface area contributed by atoms with Gasteiger partial charge in [-0.25, -0.2) is 4.79 Å². The molecule has 234 valence electrons. The van der Waals surface area contributed by atoms with Gasteiger partial charge in [-0.3, -0.25) is 0 Å². The molecule has 0 N–H and O–H groups in total. The summed E-state index contributed by atoms with van der Waals surface area (Å²) in [6.45, 7) is 1.40. The molecule has 0 aliphatic carbocycles. The fraction of sp³-hybridized carbons (Fsp3) is 0.324. The van der Waals surface area contributed by atoms with Gasteiger partial charge in [0.2, 0.25) is 11.9 Å². The summed E-state index contributed by atoms with van der Waals surface area (Å²) in [5.41, 5.74) is 3.97. The smallest absolute Gasteiger partial charge is 0.340 e. The lowest BCUT2D eigenvalue weighted by Gasteiger charge is -2.45. The molecule has 0 aromatic heterocycles. The minimum Gasteiger partial charge on any atom is -0.467 e. The molecule has 0 amide bonds. The third kappa shape index (κ3) is 7.68. The van der Waals surface area contributed by atoms with Crippen LogP contribution in [0.2, 0.25) is 0 Å². The highest BCUT2D eigenvalue weighted by atomic mass is 16.8. The molecule has 45 heavy (non-hydrogen) atoms. The lowest BCUT2D eigenvalue weighted by Crippen LogP contribution is -2.64. The summed E-state index contributed by atoms with van der Waals surface area (Å²) in [7, 11) is 1.33. The predicted molar refractivity (Wildman–Crippen MR) is 166 cm³/mol. The summed E-state index contributed by atoms with van der Waals surface area (Å²) in [4.78, 5) is 12.9. The highest BCUT2D eigenvalue weighted by Gasteiger charge is 2.74. The number of benzene rings is 4. The lowest BCUT2D eigenvalue weighted by molar-refractivity contribution is -0.304. The Morgan fingerprint density at radius 2 is 1.04 bits per heavy atom. The molecule has 8 nitrogen and oxygen atoms in total. The zero-order chi connectivity index (χ0) is 30.9. The summed E-state index contributed by atoms with van der Waals surface area (Å²) in [5.74, 6) is -1.98. The molecule has 1 spiro atoms. The van der Waals surface area contributed by atoms with E-state index in [2.05, 4.69) is 0 Å². The van der Waals surface area contributed by atoms with Gasteiger partial charge in [-0.1, -0.05) is 121 Å². The first-order chi connectivity index (χ1) is 22.2. The third-order valence-electron chi connectivity index (χ3n) is 7.98. The second-order valence-electron chi connectivity index (χ2n) is 11.1. The van der Waals surface area contributed by atoms with Gasteiger partial charge in [0, 0.05) is 0 Å². The fourth-order valence-electron chi connectivity index (χ4n) is 5.64. The molecule has 6 rings (SSSR count). The molecular weight excluding hydrogens is 572 g/mol. The Labute approximate surface area is 263 Å². The van der Waals surface area contributed by atoms with Gasteiger partial charge in [-0.05, 0) is 22.3 Å². The van der Waals surface area contributed by atoms with Gasteiger partial charge in [-0.15, -0.1) is 0 Å². The number of rotatable bonds is 14. The molecule has 0 saturated carbocycles. The zero-order valence-electron chi connectivity index (χ0n) is 25.2. The van der Waals surface area contributed by atoms with Crippen molar-refractivity contribution < 1.29 is 38.0 Å². The SMILES string of the molecule is COC(=O)[C@H]1O[C@@]12OC(COCc1ccccc1)[C@@H](OCc1ccccc1)C(OCc1ccccc1)C2OCc1ccccc1. The summed E-state index contributed by atoms with van der Waals surface area (Å²) < 4.78 is 43.9. The highest BCUT2D eigenvalue weighted by molar-refractivity contribution is 5.79. The van der Waals surface area contributed by atoms with Crippen LogP contribution >= 0.6 is 0 Å². The van der Waals surface area contributed by atoms with E-state index in [0.717, 1.165) is 22.3 Å². The summed E-state index contributed by atoms with van der Waals surface area (Å²) in [6, 6.07) is 39.5. The van der Waals surface area contributed by atoms with E-state index in [9.17, 15) is 4.79 Å². The Balaban J connectivity index is 1.32. The Morgan fingerprint density at radius 1 is 0.600 bits per heavy atom. The number of methoxy groups -OCH3 is 1. The first kappa shape index (κ1) is 31.1. The monoisotopic (exact) mass is 610 g/mol. The minimum atomic E-state index is -1.43. The Bertz CT molecular complexity index is 1470. The van der Waals surface area contributed by atoms with Crippen LogP contribution in [-0.4, -0.2) is 56.0 Å². The second-order valence-corrected chi connectivity index (χ2v) is 11.1. The van der Waals surface area contributed by atoms with Crippen LogP contribution in [0.4, 0.5) is 0 Å². The number of carbonyl (C=O) groups is 1. The quantitative estimate of drug-likeness (QED) is 0.134. The van der Waals surface area contributed by atoms with Gasteiger partial charge < -0.3 is 33.2 Å². The summed E-state index contributed by atoms with van der Waals surface area (Å²) in [6.07, 6.45) is -3.77. The van der Waals surface area contributed by atoms with Crippen molar-refractivity contribution in [1.29, 1.82) is 0 Å². The molecule has 2 aliphatic heterocycles. The van der Waals surface area contributed by atoms with Crippen LogP contribution in [0.3, 0.4) is 0 Å². The van der Waals surface area contributed by atoms with Crippen molar-refractivity contribution in [3.8, 4) is 0 Å². The topological polar surface area (TPSA) is 85.0 Å². The Kier molecular flexibility index (Phi) is 10.3. The normalized spacial score (nSPS) is 25.6. The first-order valence-corrected chi connectivity index (χ1v) is 15.2. The lowest BCUT2D eigenvalue weighted by atomic mass is 9.92. The van der Waals surface area contributed by atoms with Gasteiger partial charge in [0.25, 0.3) is 0 Å². The maximum Gasteiger partial charge on any atom is 0.340 e. The molecule has 4 aromatic carbocycles. The molecular formula is C37H38O8. The van der Waals surface area contributed by atoms with E-state index in [-0.39, 0.29) is 13.2 Å². The van der Waals surface area contributed by atoms with Crippen LogP contribution in [0.1, 0.15) is 22.3 Å². The predicted octanol–water partition coefficient (Wildman–Crippen LogP) is 5.63. The van der Waals surface area contributed by atoms with Gasteiger partial charge >= 0.3 is 5.97 Å². The van der Waals surface area contributed by atoms with Crippen molar-refractivity contribution in [3.63, 3.8) is 0 Å². The van der Waals surface area contributed by atoms with Crippen LogP contribution in [0.5, 0.6) is 0 Å². The number of esters is 1. The van der Waals surface area contributed by atoms with Crippen molar-refractivity contribution in [3.05, 3.63) is 144 Å². The van der Waals surface area contributed by atoms with Crippen molar-refractivity contribution >= 4 is 5.97 Å². The van der Waals surface area contributed by atoms with Crippen molar-refractivity contribution in [2.75, 3.05) is 13.7 Å². The van der Waals surface area contributed by atoms with Crippen molar-refractivity contribution in [2.24, 2.45) is 0 Å². The van der Waals surface area contributed by atoms with Crippen LogP contribution in [0.25, 0.3) is 0 Å². The fourth-order valence-corrected chi connectivity index (χ4v) is 5.64. The van der Waals surface area contributed by atoms with Gasteiger partial charge in [-0.2, -0.15) is 0 Å². The second kappa shape index (κ2) is 14.9. The number of hydrogen-bond acceptors (Lipinski definition) is 8.